The molecule has 0 saturated carbocycles. The van der Waals surface area contributed by atoms with Crippen molar-refractivity contribution in [1.29, 1.82) is 0 Å². The highest BCUT2D eigenvalue weighted by molar-refractivity contribution is 6.10. The number of rotatable bonds is 6. The van der Waals surface area contributed by atoms with Crippen molar-refractivity contribution in [3.8, 4) is 11.5 Å². The average molecular weight is 461 g/mol. The maximum absolute atomic E-state index is 13.6. The van der Waals surface area contributed by atoms with E-state index < -0.39 is 0 Å². The smallest absolute Gasteiger partial charge is 0.260 e. The number of aromatic nitrogens is 5. The van der Waals surface area contributed by atoms with Crippen molar-refractivity contribution in [2.24, 2.45) is 0 Å². The van der Waals surface area contributed by atoms with Gasteiger partial charge in [0.25, 0.3) is 5.91 Å². The highest BCUT2D eigenvalue weighted by atomic mass is 16.2. The molecule has 9 nitrogen and oxygen atoms in total. The van der Waals surface area contributed by atoms with Gasteiger partial charge in [0.1, 0.15) is 23.2 Å². The maximum Gasteiger partial charge on any atom is 0.260 e. The van der Waals surface area contributed by atoms with Crippen molar-refractivity contribution in [3.05, 3.63) is 46.9 Å². The zero-order valence-electron chi connectivity index (χ0n) is 20.8. The molecule has 3 aromatic heterocycles. The molecule has 0 aliphatic carbocycles. The number of nitrogens with one attached hydrogen (secondary N) is 1. The molecule has 2 aliphatic rings. The fraction of sp³-hybridized carbons (Fsp3) is 0.480. The number of carbonyl (C=O) groups is 1. The first-order chi connectivity index (χ1) is 16.2. The molecule has 0 saturated heterocycles. The van der Waals surface area contributed by atoms with Gasteiger partial charge in [0.15, 0.2) is 5.82 Å². The van der Waals surface area contributed by atoms with E-state index in [9.17, 15) is 4.79 Å². The second-order valence-electron chi connectivity index (χ2n) is 10.0. The Balaban J connectivity index is 1.53. The summed E-state index contributed by atoms with van der Waals surface area (Å²) in [6.07, 6.45) is 1.94. The van der Waals surface area contributed by atoms with E-state index in [0.29, 0.717) is 24.5 Å². The van der Waals surface area contributed by atoms with Gasteiger partial charge in [0.05, 0.1) is 17.8 Å². The van der Waals surface area contributed by atoms with Crippen molar-refractivity contribution >= 4 is 17.5 Å². The zero-order valence-corrected chi connectivity index (χ0v) is 20.8. The Morgan fingerprint density at radius 2 is 2.00 bits per heavy atom. The van der Waals surface area contributed by atoms with Crippen LogP contribution in [0.25, 0.3) is 11.5 Å². The summed E-state index contributed by atoms with van der Waals surface area (Å²) in [5, 5.41) is 12.0. The van der Waals surface area contributed by atoms with Gasteiger partial charge >= 0.3 is 0 Å². The summed E-state index contributed by atoms with van der Waals surface area (Å²) in [5.41, 5.74) is 3.21. The maximum atomic E-state index is 13.6. The molecule has 0 radical (unpaired) electrons. The number of aryl methyl sites for hydroxylation is 1. The first-order valence-corrected chi connectivity index (χ1v) is 11.9. The molecule has 0 bridgehead atoms. The molecular weight excluding hydrogens is 428 g/mol. The Morgan fingerprint density at radius 3 is 2.74 bits per heavy atom. The number of amides is 1. The largest absolute Gasteiger partial charge is 0.357 e. The van der Waals surface area contributed by atoms with E-state index in [1.165, 1.54) is 0 Å². The molecule has 5 heterocycles. The van der Waals surface area contributed by atoms with Crippen molar-refractivity contribution < 1.29 is 4.79 Å². The second kappa shape index (κ2) is 8.16. The van der Waals surface area contributed by atoms with Crippen LogP contribution in [0.2, 0.25) is 0 Å². The van der Waals surface area contributed by atoms with Crippen LogP contribution in [-0.4, -0.2) is 50.8 Å². The Hall–Kier alpha value is -3.33. The first-order valence-electron chi connectivity index (χ1n) is 11.9. The second-order valence-corrected chi connectivity index (χ2v) is 10.0. The molecule has 0 atom stereocenters. The van der Waals surface area contributed by atoms with Crippen molar-refractivity contribution in [3.63, 3.8) is 0 Å². The summed E-state index contributed by atoms with van der Waals surface area (Å²) in [5.74, 6) is 3.10. The molecule has 0 unspecified atom stereocenters. The van der Waals surface area contributed by atoms with Gasteiger partial charge < -0.3 is 14.8 Å². The fourth-order valence-electron chi connectivity index (χ4n) is 4.80. The summed E-state index contributed by atoms with van der Waals surface area (Å²) in [6, 6.07) is 7.93. The minimum Gasteiger partial charge on any atom is -0.357 e. The number of hydrogen-bond acceptors (Lipinski definition) is 7. The lowest BCUT2D eigenvalue weighted by molar-refractivity contribution is 0.0996. The van der Waals surface area contributed by atoms with Gasteiger partial charge in [0, 0.05) is 37.2 Å². The highest BCUT2D eigenvalue weighted by Gasteiger charge is 2.36. The first kappa shape index (κ1) is 22.5. The van der Waals surface area contributed by atoms with Gasteiger partial charge in [-0.2, -0.15) is 0 Å². The van der Waals surface area contributed by atoms with Crippen LogP contribution in [0.5, 0.6) is 0 Å². The number of carbonyl (C=O) groups excluding carboxylic acids is 1. The van der Waals surface area contributed by atoms with Crippen molar-refractivity contribution in [2.75, 3.05) is 23.9 Å². The van der Waals surface area contributed by atoms with E-state index in [0.717, 1.165) is 47.3 Å². The summed E-state index contributed by atoms with van der Waals surface area (Å²) in [6.45, 7) is 9.66. The van der Waals surface area contributed by atoms with E-state index in [1.807, 2.05) is 38.4 Å². The van der Waals surface area contributed by atoms with Crippen LogP contribution in [0.1, 0.15) is 61.6 Å². The quantitative estimate of drug-likeness (QED) is 0.604. The van der Waals surface area contributed by atoms with Crippen LogP contribution < -0.4 is 15.1 Å². The topological polar surface area (TPSA) is 92.1 Å². The SMILES string of the molecule is CNCc1nc(N(C)C(C)C)cc2c1CN(c1cccc(-c3nnc4n3C(C)(C)CC4)n1)C2=O. The monoisotopic (exact) mass is 460 g/mol. The fourth-order valence-corrected chi connectivity index (χ4v) is 4.80. The highest BCUT2D eigenvalue weighted by Crippen LogP contribution is 2.36. The van der Waals surface area contributed by atoms with E-state index in [-0.39, 0.29) is 17.5 Å². The third-order valence-electron chi connectivity index (χ3n) is 7.00. The molecule has 9 heteroatoms. The number of hydrogen-bond donors (Lipinski definition) is 1. The zero-order chi connectivity index (χ0) is 24.2. The van der Waals surface area contributed by atoms with Crippen LogP contribution in [0.3, 0.4) is 0 Å². The Morgan fingerprint density at radius 1 is 1.21 bits per heavy atom. The summed E-state index contributed by atoms with van der Waals surface area (Å²) in [4.78, 5) is 27.1. The molecule has 0 spiro atoms. The van der Waals surface area contributed by atoms with Crippen LogP contribution >= 0.6 is 0 Å². The van der Waals surface area contributed by atoms with Gasteiger partial charge in [-0.15, -0.1) is 10.2 Å². The minimum atomic E-state index is -0.0574. The van der Waals surface area contributed by atoms with E-state index in [2.05, 4.69) is 52.7 Å². The minimum absolute atomic E-state index is 0.0513. The van der Waals surface area contributed by atoms with E-state index in [4.69, 9.17) is 9.97 Å². The van der Waals surface area contributed by atoms with Gasteiger partial charge in [-0.05, 0) is 59.4 Å². The lowest BCUT2D eigenvalue weighted by Crippen LogP contribution is -2.27. The molecular formula is C25H32N8O. The lowest BCUT2D eigenvalue weighted by Gasteiger charge is -2.24. The van der Waals surface area contributed by atoms with Crippen molar-refractivity contribution in [2.45, 2.75) is 65.2 Å². The molecule has 1 N–H and O–H groups in total. The third kappa shape index (κ3) is 3.55. The van der Waals surface area contributed by atoms with Crippen LogP contribution in [0, 0.1) is 0 Å². The van der Waals surface area contributed by atoms with Gasteiger partial charge in [-0.25, -0.2) is 9.97 Å². The molecule has 3 aromatic rings. The summed E-state index contributed by atoms with van der Waals surface area (Å²) >= 11 is 0. The van der Waals surface area contributed by atoms with E-state index in [1.54, 1.807) is 4.90 Å². The van der Waals surface area contributed by atoms with Crippen LogP contribution in [0.4, 0.5) is 11.6 Å². The molecule has 2 aliphatic heterocycles. The molecule has 0 aromatic carbocycles. The summed E-state index contributed by atoms with van der Waals surface area (Å²) < 4.78 is 2.18. The Bertz CT molecular complexity index is 1260. The number of anilines is 2. The predicted molar refractivity (Wildman–Crippen MR) is 132 cm³/mol. The normalized spacial score (nSPS) is 16.3. The molecule has 5 rings (SSSR count). The van der Waals surface area contributed by atoms with Gasteiger partial charge in [-0.1, -0.05) is 6.07 Å². The van der Waals surface area contributed by atoms with E-state index >= 15 is 0 Å². The summed E-state index contributed by atoms with van der Waals surface area (Å²) in [7, 11) is 3.90. The van der Waals surface area contributed by atoms with Gasteiger partial charge in [-0.3, -0.25) is 9.69 Å². The van der Waals surface area contributed by atoms with Gasteiger partial charge in [0.2, 0.25) is 0 Å². The number of fused-ring (bicyclic) bond motifs is 2. The predicted octanol–water partition coefficient (Wildman–Crippen LogP) is 3.14. The van der Waals surface area contributed by atoms with Crippen molar-refractivity contribution in [1.82, 2.24) is 30.0 Å². The van der Waals surface area contributed by atoms with Crippen LogP contribution in [-0.2, 0) is 25.0 Å². The average Bonchev–Trinajstić information content (AvgIpc) is 3.48. The van der Waals surface area contributed by atoms with Crippen LogP contribution in [0.15, 0.2) is 24.3 Å². The molecule has 34 heavy (non-hydrogen) atoms. The Kier molecular flexibility index (Phi) is 5.39. The lowest BCUT2D eigenvalue weighted by atomic mass is 10.0. The standard InChI is InChI=1S/C25H32N8O/c1-15(2)31(6)22-12-16-17(19(28-22)13-26-5)14-32(24(16)34)20-9-7-8-18(27-20)23-30-29-21-10-11-25(3,4)33(21)23/h7-9,12,15,26H,10-11,13-14H2,1-6H3. The third-order valence-corrected chi connectivity index (χ3v) is 7.00. The molecule has 178 valence electrons. The Labute approximate surface area is 200 Å². The molecule has 1 amide bonds. The molecule has 0 fully saturated rings. The number of pyridine rings is 2. The number of nitrogens with zero attached hydrogens (tertiary/aromatic N) is 7.